The van der Waals surface area contributed by atoms with Crippen molar-refractivity contribution in [3.63, 3.8) is 0 Å². The van der Waals surface area contributed by atoms with Crippen LogP contribution < -0.4 is 4.74 Å². The van der Waals surface area contributed by atoms with Crippen LogP contribution in [0.5, 0.6) is 11.5 Å². The number of phenolic OH excluding ortho intramolecular Hbond substituents is 1. The summed E-state index contributed by atoms with van der Waals surface area (Å²) in [5.74, 6) is 1.38. The van der Waals surface area contributed by atoms with E-state index in [2.05, 4.69) is 6.08 Å². The molecule has 0 saturated heterocycles. The van der Waals surface area contributed by atoms with Gasteiger partial charge in [0.2, 0.25) is 0 Å². The van der Waals surface area contributed by atoms with Crippen LogP contribution in [0.3, 0.4) is 0 Å². The van der Waals surface area contributed by atoms with E-state index >= 15 is 0 Å². The van der Waals surface area contributed by atoms with Crippen LogP contribution in [0.4, 0.5) is 0 Å². The predicted octanol–water partition coefficient (Wildman–Crippen LogP) is 4.65. The van der Waals surface area contributed by atoms with E-state index < -0.39 is 0 Å². The second-order valence-electron chi connectivity index (χ2n) is 4.81. The third-order valence-electron chi connectivity index (χ3n) is 3.52. The topological polar surface area (TPSA) is 29.5 Å². The number of aromatic hydroxyl groups is 1. The van der Waals surface area contributed by atoms with Gasteiger partial charge in [0.25, 0.3) is 0 Å². The first-order valence-corrected chi connectivity index (χ1v) is 7.62. The van der Waals surface area contributed by atoms with Gasteiger partial charge in [0.05, 0.1) is 10.9 Å². The van der Waals surface area contributed by atoms with E-state index in [9.17, 15) is 5.11 Å². The summed E-state index contributed by atoms with van der Waals surface area (Å²) in [6, 6.07) is 11.1. The van der Waals surface area contributed by atoms with Gasteiger partial charge >= 0.3 is 0 Å². The Kier molecular flexibility index (Phi) is 4.09. The van der Waals surface area contributed by atoms with Crippen molar-refractivity contribution in [3.05, 3.63) is 64.2 Å². The Bertz CT molecular complexity index is 691. The lowest BCUT2D eigenvalue weighted by Crippen LogP contribution is -2.00. The number of rotatable bonds is 4. The fourth-order valence-electron chi connectivity index (χ4n) is 2.54. The van der Waals surface area contributed by atoms with Gasteiger partial charge in [-0.05, 0) is 46.9 Å². The van der Waals surface area contributed by atoms with E-state index in [1.54, 1.807) is 12.1 Å². The van der Waals surface area contributed by atoms with Crippen molar-refractivity contribution in [2.75, 3.05) is 12.5 Å². The molecule has 0 bridgehead atoms. The van der Waals surface area contributed by atoms with Crippen LogP contribution in [-0.2, 0) is 6.42 Å². The average Bonchev–Trinajstić information content (AvgIpc) is 2.92. The lowest BCUT2D eigenvalue weighted by Gasteiger charge is -2.12. The van der Waals surface area contributed by atoms with E-state index in [0.717, 1.165) is 28.7 Å². The number of fused-ring (bicyclic) bond motifs is 1. The molecule has 4 heteroatoms. The van der Waals surface area contributed by atoms with Crippen LogP contribution in [0.15, 0.2) is 42.5 Å². The molecule has 0 atom stereocenters. The van der Waals surface area contributed by atoms with Gasteiger partial charge in [-0.2, -0.15) is 0 Å². The minimum Gasteiger partial charge on any atom is -0.508 e. The Hall–Kier alpha value is -1.64. The summed E-state index contributed by atoms with van der Waals surface area (Å²) in [7, 11) is 0. The molecule has 0 radical (unpaired) electrons. The van der Waals surface area contributed by atoms with Crippen LogP contribution in [0.2, 0.25) is 5.02 Å². The van der Waals surface area contributed by atoms with E-state index in [0.29, 0.717) is 23.3 Å². The largest absolute Gasteiger partial charge is 0.508 e. The number of ether oxygens (including phenoxy) is 1. The molecule has 21 heavy (non-hydrogen) atoms. The zero-order valence-electron chi connectivity index (χ0n) is 11.3. The van der Waals surface area contributed by atoms with E-state index in [1.807, 2.05) is 24.3 Å². The van der Waals surface area contributed by atoms with Crippen LogP contribution in [0.1, 0.15) is 16.7 Å². The molecule has 2 aromatic carbocycles. The molecule has 3 rings (SSSR count). The molecule has 0 aliphatic heterocycles. The summed E-state index contributed by atoms with van der Waals surface area (Å²) >= 11 is 12.1. The maximum atomic E-state index is 9.39. The third-order valence-corrected chi connectivity index (χ3v) is 4.09. The van der Waals surface area contributed by atoms with E-state index in [4.69, 9.17) is 27.9 Å². The number of benzene rings is 2. The van der Waals surface area contributed by atoms with E-state index in [-0.39, 0.29) is 5.75 Å². The molecule has 2 nitrogen and oxygen atoms in total. The average molecular weight is 321 g/mol. The van der Waals surface area contributed by atoms with Gasteiger partial charge in [0.1, 0.15) is 18.1 Å². The number of phenols is 1. The molecular formula is C17H14Cl2O2. The first-order valence-electron chi connectivity index (χ1n) is 6.71. The molecule has 0 aromatic heterocycles. The highest BCUT2D eigenvalue weighted by molar-refractivity contribution is 6.33. The summed E-state index contributed by atoms with van der Waals surface area (Å²) in [4.78, 5) is 0. The zero-order chi connectivity index (χ0) is 14.8. The highest BCUT2D eigenvalue weighted by Crippen LogP contribution is 2.40. The molecule has 0 unspecified atom stereocenters. The second kappa shape index (κ2) is 6.00. The number of halogens is 2. The smallest absolute Gasteiger partial charge is 0.138 e. The standard InChI is InChI=1S/C17H14Cl2O2/c18-9-10-21-16-8-7-14-13(5-6-15(14)17(16)19)11-1-3-12(20)4-2-11/h1-5,7-8,20H,6,9-10H2. The molecular weight excluding hydrogens is 307 g/mol. The fourth-order valence-corrected chi connectivity index (χ4v) is 2.91. The van der Waals surface area contributed by atoms with Crippen molar-refractivity contribution in [1.82, 2.24) is 0 Å². The van der Waals surface area contributed by atoms with Crippen LogP contribution in [0, 0.1) is 0 Å². The molecule has 108 valence electrons. The highest BCUT2D eigenvalue weighted by atomic mass is 35.5. The molecule has 0 heterocycles. The number of hydrogen-bond donors (Lipinski definition) is 1. The summed E-state index contributed by atoms with van der Waals surface area (Å²) in [6.45, 7) is 0.443. The summed E-state index contributed by atoms with van der Waals surface area (Å²) in [5, 5.41) is 10.0. The summed E-state index contributed by atoms with van der Waals surface area (Å²) in [5.41, 5.74) is 4.39. The fraction of sp³-hybridized carbons (Fsp3) is 0.176. The van der Waals surface area contributed by atoms with Crippen molar-refractivity contribution in [3.8, 4) is 11.5 Å². The molecule has 2 aromatic rings. The molecule has 1 N–H and O–H groups in total. The van der Waals surface area contributed by atoms with Gasteiger partial charge in [-0.3, -0.25) is 0 Å². The molecule has 1 aliphatic carbocycles. The lowest BCUT2D eigenvalue weighted by atomic mass is 9.99. The van der Waals surface area contributed by atoms with Crippen molar-refractivity contribution in [2.24, 2.45) is 0 Å². The quantitative estimate of drug-likeness (QED) is 0.831. The zero-order valence-corrected chi connectivity index (χ0v) is 12.8. The molecule has 0 fully saturated rings. The predicted molar refractivity (Wildman–Crippen MR) is 86.6 cm³/mol. The molecule has 0 spiro atoms. The third kappa shape index (κ3) is 2.74. The maximum absolute atomic E-state index is 9.39. The van der Waals surface area contributed by atoms with Gasteiger partial charge in [0, 0.05) is 0 Å². The summed E-state index contributed by atoms with van der Waals surface area (Å²) in [6.07, 6.45) is 2.93. The Labute approximate surface area is 133 Å². The number of hydrogen-bond acceptors (Lipinski definition) is 2. The van der Waals surface area contributed by atoms with Crippen molar-refractivity contribution in [2.45, 2.75) is 6.42 Å². The van der Waals surface area contributed by atoms with Gasteiger partial charge in [-0.15, -0.1) is 11.6 Å². The van der Waals surface area contributed by atoms with Gasteiger partial charge < -0.3 is 9.84 Å². The minimum atomic E-state index is 0.264. The van der Waals surface area contributed by atoms with E-state index in [1.165, 1.54) is 0 Å². The number of alkyl halides is 1. The summed E-state index contributed by atoms with van der Waals surface area (Å²) < 4.78 is 5.55. The highest BCUT2D eigenvalue weighted by Gasteiger charge is 2.20. The molecule has 0 amide bonds. The Morgan fingerprint density at radius 3 is 2.57 bits per heavy atom. The monoisotopic (exact) mass is 320 g/mol. The minimum absolute atomic E-state index is 0.264. The Morgan fingerprint density at radius 2 is 1.86 bits per heavy atom. The SMILES string of the molecule is Oc1ccc(C2=CCc3c2ccc(OCCCl)c3Cl)cc1. The van der Waals surface area contributed by atoms with Crippen molar-refractivity contribution in [1.29, 1.82) is 0 Å². The second-order valence-corrected chi connectivity index (χ2v) is 5.57. The Morgan fingerprint density at radius 1 is 1.10 bits per heavy atom. The van der Waals surface area contributed by atoms with Crippen molar-refractivity contribution < 1.29 is 9.84 Å². The van der Waals surface area contributed by atoms with Crippen LogP contribution in [0.25, 0.3) is 5.57 Å². The maximum Gasteiger partial charge on any atom is 0.138 e. The number of allylic oxidation sites excluding steroid dienone is 1. The lowest BCUT2D eigenvalue weighted by molar-refractivity contribution is 0.342. The van der Waals surface area contributed by atoms with Gasteiger partial charge in [-0.1, -0.05) is 35.9 Å². The molecule has 1 aliphatic rings. The Balaban J connectivity index is 1.95. The normalized spacial score (nSPS) is 13.0. The van der Waals surface area contributed by atoms with Crippen molar-refractivity contribution >= 4 is 28.8 Å². The van der Waals surface area contributed by atoms with Crippen LogP contribution in [-0.4, -0.2) is 17.6 Å². The molecule has 0 saturated carbocycles. The van der Waals surface area contributed by atoms with Gasteiger partial charge in [-0.25, -0.2) is 0 Å². The first-order chi connectivity index (χ1) is 10.2. The van der Waals surface area contributed by atoms with Gasteiger partial charge in [0.15, 0.2) is 0 Å². The van der Waals surface area contributed by atoms with Crippen LogP contribution >= 0.6 is 23.2 Å². The first kappa shape index (κ1) is 14.3.